The van der Waals surface area contributed by atoms with E-state index in [2.05, 4.69) is 4.74 Å². The summed E-state index contributed by atoms with van der Waals surface area (Å²) in [7, 11) is 2.73. The van der Waals surface area contributed by atoms with Crippen LogP contribution < -0.4 is 0 Å². The highest BCUT2D eigenvalue weighted by Gasteiger charge is 2.16. The third kappa shape index (κ3) is 12.3. The summed E-state index contributed by atoms with van der Waals surface area (Å²) in [6.07, 6.45) is 0.535. The van der Waals surface area contributed by atoms with Crippen molar-refractivity contribution in [2.75, 3.05) is 47.3 Å². The maximum Gasteiger partial charge on any atom is 0.345 e. The lowest BCUT2D eigenvalue weighted by Crippen LogP contribution is -2.15. The number of methoxy groups -OCH3 is 2. The van der Waals surface area contributed by atoms with Crippen LogP contribution in [0.1, 0.15) is 81.4 Å². The predicted octanol–water partition coefficient (Wildman–Crippen LogP) is 4.00. The van der Waals surface area contributed by atoms with Crippen LogP contribution in [0.3, 0.4) is 0 Å². The highest BCUT2D eigenvalue weighted by atomic mass is 16.6. The Labute approximate surface area is 281 Å². The Balaban J connectivity index is 1.31. The molecule has 0 radical (unpaired) electrons. The van der Waals surface area contributed by atoms with Crippen LogP contribution in [0.5, 0.6) is 0 Å². The van der Waals surface area contributed by atoms with Gasteiger partial charge in [0.15, 0.2) is 0 Å². The molecule has 14 heteroatoms. The molecule has 0 aliphatic rings. The maximum absolute atomic E-state index is 12.3. The van der Waals surface area contributed by atoms with Gasteiger partial charge in [0.05, 0.1) is 53.7 Å². The van der Waals surface area contributed by atoms with Crippen molar-refractivity contribution in [1.29, 1.82) is 0 Å². The quantitative estimate of drug-likeness (QED) is 0.0863. The van der Waals surface area contributed by atoms with E-state index in [0.29, 0.717) is 18.4 Å². The van der Waals surface area contributed by atoms with Gasteiger partial charge >= 0.3 is 41.8 Å². The first-order valence-corrected chi connectivity index (χ1v) is 14.9. The number of rotatable bonds is 17. The van der Waals surface area contributed by atoms with Gasteiger partial charge in [0, 0.05) is 13.5 Å². The average molecular weight is 679 g/mol. The second-order valence-electron chi connectivity index (χ2n) is 9.98. The Kier molecular flexibility index (Phi) is 15.1. The van der Waals surface area contributed by atoms with Crippen LogP contribution in [0.4, 0.5) is 0 Å². The van der Waals surface area contributed by atoms with E-state index in [1.165, 1.54) is 87.0 Å². The zero-order valence-electron chi connectivity index (χ0n) is 26.8. The number of benzene rings is 3. The Hall–Kier alpha value is -5.89. The molecule has 3 aromatic rings. The number of unbranched alkanes of at least 4 members (excludes halogenated alkanes) is 1. The molecule has 0 aromatic heterocycles. The van der Waals surface area contributed by atoms with Gasteiger partial charge in [0.1, 0.15) is 19.8 Å². The third-order valence-electron chi connectivity index (χ3n) is 6.54. The lowest BCUT2D eigenvalue weighted by atomic mass is 10.1. The van der Waals surface area contributed by atoms with E-state index in [0.717, 1.165) is 0 Å². The third-order valence-corrected chi connectivity index (χ3v) is 6.54. The van der Waals surface area contributed by atoms with Gasteiger partial charge in [-0.15, -0.1) is 0 Å². The summed E-state index contributed by atoms with van der Waals surface area (Å²) in [5, 5.41) is 0. The number of esters is 7. The summed E-state index contributed by atoms with van der Waals surface area (Å²) in [6.45, 7) is -0.0805. The van der Waals surface area contributed by atoms with Crippen molar-refractivity contribution >= 4 is 41.8 Å². The Morgan fingerprint density at radius 2 is 0.735 bits per heavy atom. The van der Waals surface area contributed by atoms with Crippen molar-refractivity contribution in [1.82, 2.24) is 0 Å². The van der Waals surface area contributed by atoms with Gasteiger partial charge in [-0.3, -0.25) is 4.79 Å². The van der Waals surface area contributed by atoms with Crippen LogP contribution in [0.25, 0.3) is 0 Å². The molecule has 0 aliphatic carbocycles. The Bertz CT molecular complexity index is 1610. The van der Waals surface area contributed by atoms with Crippen LogP contribution >= 0.6 is 0 Å². The molecule has 49 heavy (non-hydrogen) atoms. The predicted molar refractivity (Wildman–Crippen MR) is 168 cm³/mol. The monoisotopic (exact) mass is 678 g/mol. The van der Waals surface area contributed by atoms with Crippen LogP contribution in [-0.2, 0) is 38.0 Å². The van der Waals surface area contributed by atoms with Crippen LogP contribution in [0.15, 0.2) is 72.8 Å². The van der Waals surface area contributed by atoms with Crippen LogP contribution in [0, 0.1) is 0 Å². The number of hydrogen-bond acceptors (Lipinski definition) is 14. The normalized spacial score (nSPS) is 10.3. The molecular weight excluding hydrogens is 644 g/mol. The molecule has 0 spiro atoms. The number of carbonyl (C=O) groups excluding carboxylic acids is 7. The molecular formula is C35H34O14. The minimum Gasteiger partial charge on any atom is -0.465 e. The van der Waals surface area contributed by atoms with Gasteiger partial charge in [-0.25, -0.2) is 28.8 Å². The fourth-order valence-electron chi connectivity index (χ4n) is 3.91. The fourth-order valence-corrected chi connectivity index (χ4v) is 3.91. The zero-order valence-corrected chi connectivity index (χ0v) is 26.8. The SMILES string of the molecule is COCCOC(=O)c1ccc(C(=O)OCCOC(=O)c2ccc(C(=O)OC(=O)CCCCOC(=O)c3ccc(C(=O)OC)cc3)cc2)cc1. The van der Waals surface area contributed by atoms with E-state index in [-0.39, 0.29) is 67.3 Å². The molecule has 0 atom stereocenters. The molecule has 3 aromatic carbocycles. The van der Waals surface area contributed by atoms with Crippen molar-refractivity contribution in [2.24, 2.45) is 0 Å². The second-order valence-corrected chi connectivity index (χ2v) is 9.98. The molecule has 0 aliphatic heterocycles. The van der Waals surface area contributed by atoms with Gasteiger partial charge in [-0.05, 0) is 85.6 Å². The van der Waals surface area contributed by atoms with Crippen LogP contribution in [-0.4, -0.2) is 89.0 Å². The molecule has 14 nitrogen and oxygen atoms in total. The van der Waals surface area contributed by atoms with Gasteiger partial charge in [-0.2, -0.15) is 0 Å². The van der Waals surface area contributed by atoms with E-state index in [1.807, 2.05) is 0 Å². The minimum absolute atomic E-state index is 0.0280. The number of carbonyl (C=O) groups is 7. The molecule has 0 saturated heterocycles. The first-order valence-electron chi connectivity index (χ1n) is 14.9. The lowest BCUT2D eigenvalue weighted by Gasteiger charge is -2.08. The summed E-state index contributed by atoms with van der Waals surface area (Å²) >= 11 is 0. The molecule has 0 N–H and O–H groups in total. The van der Waals surface area contributed by atoms with Gasteiger partial charge in [-0.1, -0.05) is 0 Å². The minimum atomic E-state index is -0.908. The van der Waals surface area contributed by atoms with Crippen molar-refractivity contribution in [3.63, 3.8) is 0 Å². The highest BCUT2D eigenvalue weighted by Crippen LogP contribution is 2.12. The lowest BCUT2D eigenvalue weighted by molar-refractivity contribution is -0.138. The summed E-state index contributed by atoms with van der Waals surface area (Å²) in [5.41, 5.74) is 1.11. The van der Waals surface area contributed by atoms with E-state index in [9.17, 15) is 33.6 Å². The standard InChI is InChI=1S/C35H34O14/c1-43-19-20-46-32(39)25-10-12-26(13-11-25)33(40)47-21-22-48-34(41)27-14-16-28(17-15-27)35(42)49-29(36)5-3-4-18-45-31(38)24-8-6-23(7-9-24)30(37)44-2/h6-17H,3-5,18-22H2,1-2H3. The first kappa shape index (κ1) is 37.6. The summed E-state index contributed by atoms with van der Waals surface area (Å²) in [6, 6.07) is 16.6. The topological polar surface area (TPSA) is 184 Å². The number of ether oxygens (including phenoxy) is 7. The van der Waals surface area contributed by atoms with E-state index in [4.69, 9.17) is 28.4 Å². The zero-order chi connectivity index (χ0) is 35.6. The molecule has 0 saturated carbocycles. The Morgan fingerprint density at radius 3 is 1.10 bits per heavy atom. The summed E-state index contributed by atoms with van der Waals surface area (Å²) < 4.78 is 34.6. The summed E-state index contributed by atoms with van der Waals surface area (Å²) in [4.78, 5) is 84.5. The van der Waals surface area contributed by atoms with Gasteiger partial charge in [0.25, 0.3) is 0 Å². The number of hydrogen-bond donors (Lipinski definition) is 0. The van der Waals surface area contributed by atoms with Crippen molar-refractivity contribution in [3.05, 3.63) is 106 Å². The van der Waals surface area contributed by atoms with Crippen molar-refractivity contribution < 1.29 is 66.7 Å². The van der Waals surface area contributed by atoms with E-state index >= 15 is 0 Å². The van der Waals surface area contributed by atoms with E-state index in [1.54, 1.807) is 0 Å². The highest BCUT2D eigenvalue weighted by molar-refractivity contribution is 5.98. The van der Waals surface area contributed by atoms with Gasteiger partial charge < -0.3 is 33.2 Å². The van der Waals surface area contributed by atoms with Crippen LogP contribution in [0.2, 0.25) is 0 Å². The van der Waals surface area contributed by atoms with E-state index < -0.39 is 41.8 Å². The fraction of sp³-hybridized carbons (Fsp3) is 0.286. The maximum atomic E-state index is 12.3. The summed E-state index contributed by atoms with van der Waals surface area (Å²) in [5.74, 6) is -4.78. The molecule has 258 valence electrons. The molecule has 0 fully saturated rings. The molecule has 0 bridgehead atoms. The molecule has 0 heterocycles. The van der Waals surface area contributed by atoms with Crippen molar-refractivity contribution in [3.8, 4) is 0 Å². The second kappa shape index (κ2) is 19.7. The molecule has 0 unspecified atom stereocenters. The first-order chi connectivity index (χ1) is 23.6. The van der Waals surface area contributed by atoms with Crippen molar-refractivity contribution in [2.45, 2.75) is 19.3 Å². The smallest absolute Gasteiger partial charge is 0.345 e. The average Bonchev–Trinajstić information content (AvgIpc) is 3.12. The molecule has 3 rings (SSSR count). The Morgan fingerprint density at radius 1 is 0.408 bits per heavy atom. The molecule has 0 amide bonds. The largest absolute Gasteiger partial charge is 0.465 e. The van der Waals surface area contributed by atoms with Gasteiger partial charge in [0.2, 0.25) is 0 Å².